The Bertz CT molecular complexity index is 1160. The third kappa shape index (κ3) is 4.06. The highest BCUT2D eigenvalue weighted by Crippen LogP contribution is 2.32. The molecule has 0 bridgehead atoms. The molecule has 0 N–H and O–H groups in total. The fourth-order valence-electron chi connectivity index (χ4n) is 3.61. The molecule has 2 heterocycles. The molecule has 0 radical (unpaired) electrons. The van der Waals surface area contributed by atoms with Gasteiger partial charge in [0, 0.05) is 22.7 Å². The van der Waals surface area contributed by atoms with Crippen LogP contribution in [0.2, 0.25) is 0 Å². The van der Waals surface area contributed by atoms with Crippen molar-refractivity contribution < 1.29 is 17.9 Å². The molecule has 1 amide bonds. The summed E-state index contributed by atoms with van der Waals surface area (Å²) in [6.45, 7) is 0.860. The number of methoxy groups -OCH3 is 1. The number of hydrogen-bond acceptors (Lipinski definition) is 5. The summed E-state index contributed by atoms with van der Waals surface area (Å²) in [5, 5.41) is 1.99. The summed E-state index contributed by atoms with van der Waals surface area (Å²) in [6.07, 6.45) is 1.80. The van der Waals surface area contributed by atoms with Gasteiger partial charge in [0.1, 0.15) is 5.75 Å². The van der Waals surface area contributed by atoms with Crippen LogP contribution in [0.25, 0.3) is 0 Å². The lowest BCUT2D eigenvalue weighted by molar-refractivity contribution is 0.0985. The molecule has 0 fully saturated rings. The zero-order chi connectivity index (χ0) is 21.3. The van der Waals surface area contributed by atoms with Crippen LogP contribution in [0.15, 0.2) is 60.0 Å². The van der Waals surface area contributed by atoms with E-state index in [1.165, 1.54) is 10.6 Å². The number of nitrogens with zero attached hydrogens (tertiary/aromatic N) is 2. The molecular formula is C22H22N2O4S2. The highest BCUT2D eigenvalue weighted by Gasteiger charge is 2.28. The number of sulfonamides is 1. The lowest BCUT2D eigenvalue weighted by Crippen LogP contribution is -2.30. The summed E-state index contributed by atoms with van der Waals surface area (Å²) in [5.41, 5.74) is 2.84. The van der Waals surface area contributed by atoms with Gasteiger partial charge >= 0.3 is 0 Å². The predicted octanol–water partition coefficient (Wildman–Crippen LogP) is 3.93. The molecule has 0 atom stereocenters. The van der Waals surface area contributed by atoms with Crippen molar-refractivity contribution in [1.29, 1.82) is 0 Å². The normalized spacial score (nSPS) is 13.2. The van der Waals surface area contributed by atoms with E-state index < -0.39 is 10.0 Å². The zero-order valence-electron chi connectivity index (χ0n) is 16.7. The first-order valence-electron chi connectivity index (χ1n) is 9.46. The maximum Gasteiger partial charge on any atom is 0.258 e. The summed E-state index contributed by atoms with van der Waals surface area (Å²) in [6, 6.07) is 16.6. The first-order chi connectivity index (χ1) is 14.4. The van der Waals surface area contributed by atoms with Gasteiger partial charge < -0.3 is 9.64 Å². The highest BCUT2D eigenvalue weighted by atomic mass is 32.2. The minimum Gasteiger partial charge on any atom is -0.497 e. The van der Waals surface area contributed by atoms with Gasteiger partial charge in [-0.1, -0.05) is 6.07 Å². The van der Waals surface area contributed by atoms with Crippen molar-refractivity contribution >= 4 is 38.6 Å². The number of amides is 1. The molecule has 1 aliphatic heterocycles. The van der Waals surface area contributed by atoms with Crippen molar-refractivity contribution in [3.63, 3.8) is 0 Å². The van der Waals surface area contributed by atoms with Crippen LogP contribution >= 0.6 is 11.3 Å². The minimum absolute atomic E-state index is 0.130. The molecule has 8 heteroatoms. The second-order valence-corrected chi connectivity index (χ2v) is 10.0. The lowest BCUT2D eigenvalue weighted by Gasteiger charge is -2.23. The third-order valence-corrected chi connectivity index (χ3v) is 7.14. The van der Waals surface area contributed by atoms with E-state index in [2.05, 4.69) is 0 Å². The number of fused-ring (bicyclic) bond motifs is 1. The van der Waals surface area contributed by atoms with Crippen LogP contribution in [0, 0.1) is 0 Å². The number of thiophene rings is 1. The number of carbonyl (C=O) groups excluding carboxylic acids is 1. The van der Waals surface area contributed by atoms with Crippen molar-refractivity contribution in [2.45, 2.75) is 13.0 Å². The van der Waals surface area contributed by atoms with Crippen molar-refractivity contribution in [2.24, 2.45) is 0 Å². The molecule has 2 aromatic carbocycles. The van der Waals surface area contributed by atoms with Crippen molar-refractivity contribution in [2.75, 3.05) is 29.1 Å². The van der Waals surface area contributed by atoms with Gasteiger partial charge in [0.2, 0.25) is 10.0 Å². The average molecular weight is 443 g/mol. The molecule has 1 aromatic heterocycles. The maximum absolute atomic E-state index is 13.5. The van der Waals surface area contributed by atoms with Gasteiger partial charge in [0.05, 0.1) is 25.6 Å². The van der Waals surface area contributed by atoms with E-state index in [9.17, 15) is 13.2 Å². The van der Waals surface area contributed by atoms with E-state index in [0.717, 1.165) is 21.9 Å². The molecule has 0 saturated carbocycles. The van der Waals surface area contributed by atoms with Gasteiger partial charge in [0.15, 0.2) is 0 Å². The summed E-state index contributed by atoms with van der Waals surface area (Å²) in [7, 11) is -1.72. The Morgan fingerprint density at radius 2 is 1.93 bits per heavy atom. The van der Waals surface area contributed by atoms with Gasteiger partial charge in [-0.3, -0.25) is 9.10 Å². The molecular weight excluding hydrogens is 420 g/mol. The second-order valence-electron chi connectivity index (χ2n) is 7.10. The van der Waals surface area contributed by atoms with Crippen LogP contribution < -0.4 is 13.9 Å². The first kappa shape index (κ1) is 20.4. The van der Waals surface area contributed by atoms with Gasteiger partial charge in [-0.2, -0.15) is 0 Å². The van der Waals surface area contributed by atoms with E-state index in [0.29, 0.717) is 30.8 Å². The van der Waals surface area contributed by atoms with Crippen LogP contribution in [0.5, 0.6) is 5.75 Å². The van der Waals surface area contributed by atoms with Gasteiger partial charge in [-0.25, -0.2) is 8.42 Å². The molecule has 6 nitrogen and oxygen atoms in total. The first-order valence-corrected chi connectivity index (χ1v) is 12.2. The van der Waals surface area contributed by atoms with Crippen LogP contribution in [0.1, 0.15) is 20.8 Å². The summed E-state index contributed by atoms with van der Waals surface area (Å²) in [4.78, 5) is 16.3. The fourth-order valence-corrected chi connectivity index (χ4v) is 5.26. The Balaban J connectivity index is 1.68. The topological polar surface area (TPSA) is 66.9 Å². The SMILES string of the molecule is COc1ccc(N(Cc2cccs2)C(=O)c2ccc3c(c2)CCN3S(C)(=O)=O)cc1. The molecule has 156 valence electrons. The van der Waals surface area contributed by atoms with E-state index in [-0.39, 0.29) is 5.91 Å². The molecule has 30 heavy (non-hydrogen) atoms. The van der Waals surface area contributed by atoms with Crippen molar-refractivity contribution in [3.05, 3.63) is 76.0 Å². The third-order valence-electron chi connectivity index (χ3n) is 5.10. The molecule has 0 spiro atoms. The quantitative estimate of drug-likeness (QED) is 0.580. The van der Waals surface area contributed by atoms with Crippen LogP contribution in [-0.2, 0) is 23.0 Å². The van der Waals surface area contributed by atoms with Gasteiger partial charge in [-0.15, -0.1) is 11.3 Å². The standard InChI is InChI=1S/C22H22N2O4S2/c1-28-19-8-6-18(7-9-19)23(15-20-4-3-13-29-20)22(25)17-5-10-21-16(14-17)11-12-24(21)30(2,26)27/h3-10,13-14H,11-12,15H2,1-2H3. The maximum atomic E-state index is 13.5. The van der Waals surface area contributed by atoms with Gasteiger partial charge in [-0.05, 0) is 65.9 Å². The second kappa shape index (κ2) is 8.12. The molecule has 4 rings (SSSR count). The van der Waals surface area contributed by atoms with E-state index in [1.54, 1.807) is 35.5 Å². The van der Waals surface area contributed by atoms with E-state index >= 15 is 0 Å². The highest BCUT2D eigenvalue weighted by molar-refractivity contribution is 7.92. The minimum atomic E-state index is -3.32. The Hall–Kier alpha value is -2.84. The molecule has 0 unspecified atom stereocenters. The zero-order valence-corrected chi connectivity index (χ0v) is 18.4. The molecule has 3 aromatic rings. The lowest BCUT2D eigenvalue weighted by atomic mass is 10.1. The van der Waals surface area contributed by atoms with Gasteiger partial charge in [0.25, 0.3) is 5.91 Å². The largest absolute Gasteiger partial charge is 0.497 e. The van der Waals surface area contributed by atoms with Crippen molar-refractivity contribution in [1.82, 2.24) is 0 Å². The monoisotopic (exact) mass is 442 g/mol. The molecule has 1 aliphatic rings. The van der Waals surface area contributed by atoms with Crippen molar-refractivity contribution in [3.8, 4) is 5.75 Å². The number of rotatable bonds is 6. The Kier molecular flexibility index (Phi) is 5.53. The number of anilines is 2. The number of benzene rings is 2. The smallest absolute Gasteiger partial charge is 0.258 e. The number of ether oxygens (including phenoxy) is 1. The van der Waals surface area contributed by atoms with Crippen LogP contribution in [0.4, 0.5) is 11.4 Å². The fraction of sp³-hybridized carbons (Fsp3) is 0.227. The van der Waals surface area contributed by atoms with Crippen LogP contribution in [0.3, 0.4) is 0 Å². The van der Waals surface area contributed by atoms with E-state index in [1.807, 2.05) is 47.8 Å². The Labute approximate surface area is 180 Å². The number of carbonyl (C=O) groups is 1. The van der Waals surface area contributed by atoms with E-state index in [4.69, 9.17) is 4.74 Å². The average Bonchev–Trinajstić information content (AvgIpc) is 3.40. The Morgan fingerprint density at radius 3 is 2.57 bits per heavy atom. The predicted molar refractivity (Wildman–Crippen MR) is 120 cm³/mol. The number of hydrogen-bond donors (Lipinski definition) is 0. The summed E-state index contributed by atoms with van der Waals surface area (Å²) < 4.78 is 30.6. The Morgan fingerprint density at radius 1 is 1.17 bits per heavy atom. The molecule has 0 saturated heterocycles. The summed E-state index contributed by atoms with van der Waals surface area (Å²) >= 11 is 1.60. The molecule has 0 aliphatic carbocycles. The van der Waals surface area contributed by atoms with Crippen LogP contribution in [-0.4, -0.2) is 34.2 Å². The summed E-state index contributed by atoms with van der Waals surface area (Å²) in [5.74, 6) is 0.592.